The van der Waals surface area contributed by atoms with Gasteiger partial charge in [0.05, 0.1) is 6.10 Å². The molecule has 1 aliphatic heterocycles. The Balaban J connectivity index is 2.22. The molecule has 3 atom stereocenters. The number of alkyl halides is 3. The SMILES string of the molecule is CCNC(c1cnc(C(F)(F)F)s1)C1CCOC1CC. The topological polar surface area (TPSA) is 34.2 Å². The highest BCUT2D eigenvalue weighted by atomic mass is 32.1. The van der Waals surface area contributed by atoms with Crippen molar-refractivity contribution in [2.75, 3.05) is 13.2 Å². The summed E-state index contributed by atoms with van der Waals surface area (Å²) >= 11 is 0.733. The van der Waals surface area contributed by atoms with Crippen LogP contribution in [-0.4, -0.2) is 24.2 Å². The summed E-state index contributed by atoms with van der Waals surface area (Å²) in [5.41, 5.74) is 0. The lowest BCUT2D eigenvalue weighted by molar-refractivity contribution is -0.137. The molecule has 1 saturated heterocycles. The van der Waals surface area contributed by atoms with Crippen molar-refractivity contribution in [2.24, 2.45) is 5.92 Å². The zero-order valence-electron chi connectivity index (χ0n) is 11.5. The van der Waals surface area contributed by atoms with Gasteiger partial charge in [-0.3, -0.25) is 0 Å². The van der Waals surface area contributed by atoms with E-state index in [0.717, 1.165) is 24.2 Å². The predicted octanol–water partition coefficient (Wildman–Crippen LogP) is 3.63. The second-order valence-electron chi connectivity index (χ2n) is 4.87. The zero-order valence-corrected chi connectivity index (χ0v) is 12.4. The standard InChI is InChI=1S/C13H19F3N2OS/c1-3-9-8(5-6-19-9)11(17-4-2)10-7-18-12(20-10)13(14,15)16/h7-9,11,17H,3-6H2,1-2H3. The first kappa shape index (κ1) is 15.7. The maximum atomic E-state index is 12.7. The van der Waals surface area contributed by atoms with Gasteiger partial charge < -0.3 is 10.1 Å². The molecule has 3 unspecified atom stereocenters. The van der Waals surface area contributed by atoms with Gasteiger partial charge in [0.25, 0.3) is 0 Å². The van der Waals surface area contributed by atoms with Gasteiger partial charge >= 0.3 is 6.18 Å². The van der Waals surface area contributed by atoms with Crippen LogP contribution in [-0.2, 0) is 10.9 Å². The maximum Gasteiger partial charge on any atom is 0.443 e. The van der Waals surface area contributed by atoms with Crippen molar-refractivity contribution in [1.82, 2.24) is 10.3 Å². The molecule has 2 heterocycles. The van der Waals surface area contributed by atoms with Gasteiger partial charge in [-0.05, 0) is 19.4 Å². The first-order chi connectivity index (χ1) is 9.47. The third-order valence-electron chi connectivity index (χ3n) is 3.59. The van der Waals surface area contributed by atoms with E-state index in [1.807, 2.05) is 13.8 Å². The molecular formula is C13H19F3N2OS. The van der Waals surface area contributed by atoms with Crippen LogP contribution in [0.5, 0.6) is 0 Å². The molecule has 1 fully saturated rings. The zero-order chi connectivity index (χ0) is 14.8. The highest BCUT2D eigenvalue weighted by Crippen LogP contribution is 2.40. The Labute approximate surface area is 120 Å². The Kier molecular flexibility index (Phi) is 5.04. The van der Waals surface area contributed by atoms with Crippen LogP contribution in [0.2, 0.25) is 0 Å². The summed E-state index contributed by atoms with van der Waals surface area (Å²) in [6.45, 7) is 5.38. The molecule has 114 valence electrons. The number of rotatable bonds is 5. The summed E-state index contributed by atoms with van der Waals surface area (Å²) in [6, 6.07) is -0.110. The third-order valence-corrected chi connectivity index (χ3v) is 4.71. The Morgan fingerprint density at radius 1 is 1.50 bits per heavy atom. The van der Waals surface area contributed by atoms with Crippen molar-refractivity contribution in [3.63, 3.8) is 0 Å². The summed E-state index contributed by atoms with van der Waals surface area (Å²) in [4.78, 5) is 4.17. The number of hydrogen-bond donors (Lipinski definition) is 1. The molecule has 20 heavy (non-hydrogen) atoms. The molecule has 0 aromatic carbocycles. The van der Waals surface area contributed by atoms with Crippen LogP contribution >= 0.6 is 11.3 Å². The normalized spacial score (nSPS) is 25.1. The van der Waals surface area contributed by atoms with E-state index in [2.05, 4.69) is 10.3 Å². The number of nitrogens with zero attached hydrogens (tertiary/aromatic N) is 1. The van der Waals surface area contributed by atoms with Crippen LogP contribution < -0.4 is 5.32 Å². The number of hydrogen-bond acceptors (Lipinski definition) is 4. The average molecular weight is 308 g/mol. The minimum absolute atomic E-state index is 0.107. The summed E-state index contributed by atoms with van der Waals surface area (Å²) < 4.78 is 43.7. The minimum atomic E-state index is -4.37. The van der Waals surface area contributed by atoms with E-state index >= 15 is 0 Å². The lowest BCUT2D eigenvalue weighted by Gasteiger charge is -2.26. The van der Waals surface area contributed by atoms with Crippen molar-refractivity contribution >= 4 is 11.3 Å². The Morgan fingerprint density at radius 2 is 2.25 bits per heavy atom. The van der Waals surface area contributed by atoms with Gasteiger partial charge in [0.1, 0.15) is 0 Å². The highest BCUT2D eigenvalue weighted by molar-refractivity contribution is 7.11. The third kappa shape index (κ3) is 3.32. The second-order valence-corrected chi connectivity index (χ2v) is 5.93. The van der Waals surface area contributed by atoms with E-state index in [-0.39, 0.29) is 18.1 Å². The van der Waals surface area contributed by atoms with Gasteiger partial charge in [-0.15, -0.1) is 11.3 Å². The molecule has 0 radical (unpaired) electrons. The number of halogens is 3. The van der Waals surface area contributed by atoms with E-state index < -0.39 is 11.2 Å². The first-order valence-corrected chi connectivity index (χ1v) is 7.66. The molecule has 1 aromatic heterocycles. The van der Waals surface area contributed by atoms with Crippen LogP contribution in [0, 0.1) is 5.92 Å². The van der Waals surface area contributed by atoms with Gasteiger partial charge in [-0.25, -0.2) is 4.98 Å². The number of nitrogens with one attached hydrogen (secondary N) is 1. The van der Waals surface area contributed by atoms with Crippen LogP contribution in [0.3, 0.4) is 0 Å². The largest absolute Gasteiger partial charge is 0.443 e. The number of ether oxygens (including phenoxy) is 1. The average Bonchev–Trinajstić information content (AvgIpc) is 3.04. The number of thiazole rings is 1. The van der Waals surface area contributed by atoms with Crippen molar-refractivity contribution in [1.29, 1.82) is 0 Å². The Bertz CT molecular complexity index is 435. The lowest BCUT2D eigenvalue weighted by Crippen LogP contribution is -2.32. The summed E-state index contributed by atoms with van der Waals surface area (Å²) in [6.07, 6.45) is -1.16. The van der Waals surface area contributed by atoms with Gasteiger partial charge in [0.15, 0.2) is 5.01 Å². The summed E-state index contributed by atoms with van der Waals surface area (Å²) in [7, 11) is 0. The fraction of sp³-hybridized carbons (Fsp3) is 0.769. The fourth-order valence-corrected chi connectivity index (χ4v) is 3.65. The lowest BCUT2D eigenvalue weighted by atomic mass is 9.90. The van der Waals surface area contributed by atoms with Crippen LogP contribution in [0.4, 0.5) is 13.2 Å². The molecule has 1 aromatic rings. The maximum absolute atomic E-state index is 12.7. The fourth-order valence-electron chi connectivity index (χ4n) is 2.71. The Hall–Kier alpha value is -0.660. The van der Waals surface area contributed by atoms with Gasteiger partial charge in [-0.1, -0.05) is 13.8 Å². The molecule has 0 amide bonds. The predicted molar refractivity (Wildman–Crippen MR) is 71.7 cm³/mol. The van der Waals surface area contributed by atoms with Crippen molar-refractivity contribution in [2.45, 2.75) is 45.0 Å². The molecule has 1 aliphatic rings. The number of aromatic nitrogens is 1. The second kappa shape index (κ2) is 6.41. The van der Waals surface area contributed by atoms with Crippen molar-refractivity contribution < 1.29 is 17.9 Å². The molecule has 0 spiro atoms. The van der Waals surface area contributed by atoms with Gasteiger partial charge in [-0.2, -0.15) is 13.2 Å². The van der Waals surface area contributed by atoms with E-state index in [0.29, 0.717) is 18.0 Å². The molecule has 2 rings (SSSR count). The van der Waals surface area contributed by atoms with E-state index in [1.165, 1.54) is 6.20 Å². The van der Waals surface area contributed by atoms with E-state index in [4.69, 9.17) is 4.74 Å². The summed E-state index contributed by atoms with van der Waals surface area (Å²) in [5, 5.41) is 2.52. The highest BCUT2D eigenvalue weighted by Gasteiger charge is 2.38. The van der Waals surface area contributed by atoms with E-state index in [9.17, 15) is 13.2 Å². The first-order valence-electron chi connectivity index (χ1n) is 6.85. The Morgan fingerprint density at radius 3 is 2.80 bits per heavy atom. The van der Waals surface area contributed by atoms with Crippen molar-refractivity contribution in [3.8, 4) is 0 Å². The molecule has 0 saturated carbocycles. The molecule has 0 bridgehead atoms. The monoisotopic (exact) mass is 308 g/mol. The van der Waals surface area contributed by atoms with Crippen LogP contribution in [0.1, 0.15) is 42.6 Å². The van der Waals surface area contributed by atoms with E-state index in [1.54, 1.807) is 0 Å². The molecular weight excluding hydrogens is 289 g/mol. The van der Waals surface area contributed by atoms with Gasteiger partial charge in [0, 0.05) is 29.6 Å². The van der Waals surface area contributed by atoms with Crippen molar-refractivity contribution in [3.05, 3.63) is 16.1 Å². The molecule has 3 nitrogen and oxygen atoms in total. The summed E-state index contributed by atoms with van der Waals surface area (Å²) in [5.74, 6) is 0.210. The quantitative estimate of drug-likeness (QED) is 0.902. The van der Waals surface area contributed by atoms with Crippen LogP contribution in [0.25, 0.3) is 0 Å². The minimum Gasteiger partial charge on any atom is -0.378 e. The van der Waals surface area contributed by atoms with Gasteiger partial charge in [0.2, 0.25) is 0 Å². The van der Waals surface area contributed by atoms with Crippen LogP contribution in [0.15, 0.2) is 6.20 Å². The molecule has 7 heteroatoms. The molecule has 1 N–H and O–H groups in total. The molecule has 0 aliphatic carbocycles. The smallest absolute Gasteiger partial charge is 0.378 e.